The van der Waals surface area contributed by atoms with E-state index in [-0.39, 0.29) is 23.8 Å². The van der Waals surface area contributed by atoms with Crippen LogP contribution in [-0.2, 0) is 9.53 Å². The van der Waals surface area contributed by atoms with Crippen LogP contribution in [0.3, 0.4) is 0 Å². The fraction of sp³-hybridized carbons (Fsp3) is 0.500. The molecule has 2 amide bonds. The molecule has 1 aromatic carbocycles. The summed E-state index contributed by atoms with van der Waals surface area (Å²) < 4.78 is 16.8. The molecule has 2 aromatic rings. The van der Waals surface area contributed by atoms with Gasteiger partial charge in [0.25, 0.3) is 5.91 Å². The number of piperidine rings is 1. The van der Waals surface area contributed by atoms with E-state index in [0.717, 1.165) is 0 Å². The molecule has 0 radical (unpaired) electrons. The number of hydrogen-bond acceptors (Lipinski definition) is 6. The molecular weight excluding hydrogens is 422 g/mol. The van der Waals surface area contributed by atoms with Crippen molar-refractivity contribution in [1.29, 1.82) is 0 Å². The van der Waals surface area contributed by atoms with E-state index < -0.39 is 0 Å². The average Bonchev–Trinajstić information content (AvgIpc) is 3.21. The van der Waals surface area contributed by atoms with Crippen molar-refractivity contribution in [1.82, 2.24) is 14.8 Å². The zero-order valence-corrected chi connectivity index (χ0v) is 18.2. The third-order valence-electron chi connectivity index (χ3n) is 5.78. The van der Waals surface area contributed by atoms with Crippen molar-refractivity contribution >= 4 is 23.4 Å². The van der Waals surface area contributed by atoms with Gasteiger partial charge in [0.2, 0.25) is 5.91 Å². The van der Waals surface area contributed by atoms with Crippen molar-refractivity contribution < 1.29 is 23.5 Å². The first-order chi connectivity index (χ1) is 15.0. The number of aryl methyl sites for hydroxylation is 1. The second-order valence-electron chi connectivity index (χ2n) is 7.87. The lowest BCUT2D eigenvalue weighted by atomic mass is 9.90. The monoisotopic (exact) mass is 447 g/mol. The van der Waals surface area contributed by atoms with Gasteiger partial charge in [0.1, 0.15) is 17.6 Å². The highest BCUT2D eigenvalue weighted by Gasteiger charge is 2.36. The molecule has 31 heavy (non-hydrogen) atoms. The highest BCUT2D eigenvalue weighted by Crippen LogP contribution is 2.28. The SMILES string of the molecule is Cc1ocnc1C(=O)N1CC[C@H](Oc2cccc(Cl)c2)[C@@H](CC(=O)N2CCOCC2)C1. The summed E-state index contributed by atoms with van der Waals surface area (Å²) in [6.07, 6.45) is 1.98. The lowest BCUT2D eigenvalue weighted by Gasteiger charge is -2.39. The zero-order chi connectivity index (χ0) is 21.8. The Hall–Kier alpha value is -2.58. The van der Waals surface area contributed by atoms with E-state index in [9.17, 15) is 9.59 Å². The maximum Gasteiger partial charge on any atom is 0.276 e. The van der Waals surface area contributed by atoms with Gasteiger partial charge in [0, 0.05) is 50.0 Å². The number of ether oxygens (including phenoxy) is 2. The molecule has 1 aromatic heterocycles. The number of nitrogens with zero attached hydrogens (tertiary/aromatic N) is 3. The largest absolute Gasteiger partial charge is 0.490 e. The molecule has 3 heterocycles. The first-order valence-electron chi connectivity index (χ1n) is 10.5. The van der Waals surface area contributed by atoms with E-state index >= 15 is 0 Å². The number of hydrogen-bond donors (Lipinski definition) is 0. The maximum atomic E-state index is 13.0. The second-order valence-corrected chi connectivity index (χ2v) is 8.30. The van der Waals surface area contributed by atoms with Gasteiger partial charge in [-0.05, 0) is 25.1 Å². The molecule has 0 aliphatic carbocycles. The van der Waals surface area contributed by atoms with E-state index in [1.54, 1.807) is 24.0 Å². The van der Waals surface area contributed by atoms with Crippen molar-refractivity contribution in [3.05, 3.63) is 47.1 Å². The number of carbonyl (C=O) groups is 2. The Kier molecular flexibility index (Phi) is 6.77. The number of oxazole rings is 1. The van der Waals surface area contributed by atoms with E-state index in [0.29, 0.717) is 74.5 Å². The molecular formula is C22H26ClN3O5. The molecule has 166 valence electrons. The molecule has 2 aliphatic rings. The van der Waals surface area contributed by atoms with E-state index in [4.69, 9.17) is 25.5 Å². The molecule has 8 nitrogen and oxygen atoms in total. The van der Waals surface area contributed by atoms with Crippen molar-refractivity contribution in [2.75, 3.05) is 39.4 Å². The van der Waals surface area contributed by atoms with Crippen LogP contribution in [0.15, 0.2) is 35.1 Å². The zero-order valence-electron chi connectivity index (χ0n) is 17.5. The summed E-state index contributed by atoms with van der Waals surface area (Å²) in [6, 6.07) is 7.23. The molecule has 0 saturated carbocycles. The average molecular weight is 448 g/mol. The quantitative estimate of drug-likeness (QED) is 0.700. The number of aromatic nitrogens is 1. The molecule has 2 saturated heterocycles. The van der Waals surface area contributed by atoms with Crippen LogP contribution in [0.1, 0.15) is 29.1 Å². The minimum Gasteiger partial charge on any atom is -0.490 e. The Balaban J connectivity index is 1.49. The molecule has 0 bridgehead atoms. The van der Waals surface area contributed by atoms with Gasteiger partial charge in [0.05, 0.1) is 13.2 Å². The Bertz CT molecular complexity index is 927. The van der Waals surface area contributed by atoms with E-state index in [1.807, 2.05) is 17.0 Å². The van der Waals surface area contributed by atoms with Gasteiger partial charge in [-0.15, -0.1) is 0 Å². The molecule has 0 unspecified atom stereocenters. The number of halogens is 1. The highest BCUT2D eigenvalue weighted by atomic mass is 35.5. The highest BCUT2D eigenvalue weighted by molar-refractivity contribution is 6.30. The van der Waals surface area contributed by atoms with Crippen LogP contribution >= 0.6 is 11.6 Å². The van der Waals surface area contributed by atoms with Crippen LogP contribution in [0, 0.1) is 12.8 Å². The van der Waals surface area contributed by atoms with Gasteiger partial charge >= 0.3 is 0 Å². The summed E-state index contributed by atoms with van der Waals surface area (Å²) in [7, 11) is 0. The minimum absolute atomic E-state index is 0.0555. The van der Waals surface area contributed by atoms with Crippen molar-refractivity contribution in [3.8, 4) is 5.75 Å². The summed E-state index contributed by atoms with van der Waals surface area (Å²) in [5.41, 5.74) is 0.312. The van der Waals surface area contributed by atoms with Gasteiger partial charge in [-0.25, -0.2) is 4.98 Å². The van der Waals surface area contributed by atoms with Gasteiger partial charge in [-0.2, -0.15) is 0 Å². The predicted octanol–water partition coefficient (Wildman–Crippen LogP) is 2.80. The van der Waals surface area contributed by atoms with Gasteiger partial charge in [-0.3, -0.25) is 9.59 Å². The Labute approximate surface area is 186 Å². The summed E-state index contributed by atoms with van der Waals surface area (Å²) in [5.74, 6) is 0.868. The predicted molar refractivity (Wildman–Crippen MR) is 113 cm³/mol. The van der Waals surface area contributed by atoms with Crippen LogP contribution in [0.2, 0.25) is 5.02 Å². The first kappa shape index (κ1) is 21.6. The number of carbonyl (C=O) groups excluding carboxylic acids is 2. The van der Waals surface area contributed by atoms with Crippen LogP contribution in [0.25, 0.3) is 0 Å². The first-order valence-corrected chi connectivity index (χ1v) is 10.9. The fourth-order valence-electron chi connectivity index (χ4n) is 4.09. The Morgan fingerprint density at radius 1 is 1.23 bits per heavy atom. The molecule has 2 atom stereocenters. The molecule has 9 heteroatoms. The van der Waals surface area contributed by atoms with Crippen molar-refractivity contribution in [2.24, 2.45) is 5.92 Å². The van der Waals surface area contributed by atoms with Gasteiger partial charge in [0.15, 0.2) is 12.1 Å². The maximum absolute atomic E-state index is 13.0. The van der Waals surface area contributed by atoms with Crippen LogP contribution in [-0.4, -0.2) is 72.1 Å². The second kappa shape index (κ2) is 9.70. The number of benzene rings is 1. The molecule has 0 N–H and O–H groups in total. The van der Waals surface area contributed by atoms with Crippen LogP contribution in [0.5, 0.6) is 5.75 Å². The number of rotatable bonds is 5. The summed E-state index contributed by atoms with van der Waals surface area (Å²) in [4.78, 5) is 33.5. The summed E-state index contributed by atoms with van der Waals surface area (Å²) in [5, 5.41) is 0.590. The van der Waals surface area contributed by atoms with Crippen molar-refractivity contribution in [3.63, 3.8) is 0 Å². The van der Waals surface area contributed by atoms with Gasteiger partial charge in [-0.1, -0.05) is 17.7 Å². The number of morpholine rings is 1. The van der Waals surface area contributed by atoms with Crippen LogP contribution < -0.4 is 4.74 Å². The summed E-state index contributed by atoms with van der Waals surface area (Å²) >= 11 is 6.10. The fourth-order valence-corrected chi connectivity index (χ4v) is 4.27. The molecule has 4 rings (SSSR count). The normalized spacial score (nSPS) is 21.7. The van der Waals surface area contributed by atoms with Crippen molar-refractivity contribution in [2.45, 2.75) is 25.9 Å². The minimum atomic E-state index is -0.203. The Morgan fingerprint density at radius 3 is 2.74 bits per heavy atom. The third-order valence-corrected chi connectivity index (χ3v) is 6.02. The lowest BCUT2D eigenvalue weighted by Crippen LogP contribution is -2.50. The molecule has 2 fully saturated rings. The molecule has 0 spiro atoms. The topological polar surface area (TPSA) is 85.1 Å². The number of amides is 2. The third kappa shape index (κ3) is 5.19. The van der Waals surface area contributed by atoms with E-state index in [1.165, 1.54) is 6.39 Å². The van der Waals surface area contributed by atoms with E-state index in [2.05, 4.69) is 4.98 Å². The molecule has 2 aliphatic heterocycles. The lowest BCUT2D eigenvalue weighted by molar-refractivity contribution is -0.137. The standard InChI is InChI=1S/C22H26ClN3O5/c1-15-21(24-14-30-15)22(28)26-6-5-19(31-18-4-2-3-17(23)12-18)16(13-26)11-20(27)25-7-9-29-10-8-25/h2-4,12,14,16,19H,5-11,13H2,1H3/t16-,19-/m0/s1. The smallest absolute Gasteiger partial charge is 0.276 e. The Morgan fingerprint density at radius 2 is 2.03 bits per heavy atom. The summed E-state index contributed by atoms with van der Waals surface area (Å²) in [6.45, 7) is 4.92. The van der Waals surface area contributed by atoms with Gasteiger partial charge < -0.3 is 23.7 Å². The van der Waals surface area contributed by atoms with Crippen LogP contribution in [0.4, 0.5) is 0 Å². The number of likely N-dealkylation sites (tertiary alicyclic amines) is 1.